The number of thiazole rings is 1. The van der Waals surface area contributed by atoms with E-state index in [1.807, 2.05) is 50.8 Å². The molecule has 2 aromatic heterocycles. The minimum Gasteiger partial charge on any atom is -0.540 e. The van der Waals surface area contributed by atoms with Crippen LogP contribution in [0, 0.1) is 19.3 Å². The molecule has 174 valence electrons. The smallest absolute Gasteiger partial charge is 0.540 e. The van der Waals surface area contributed by atoms with Crippen molar-refractivity contribution in [3.8, 4) is 0 Å². The van der Waals surface area contributed by atoms with Crippen molar-refractivity contribution in [2.75, 3.05) is 0 Å². The van der Waals surface area contributed by atoms with E-state index >= 15 is 0 Å². The van der Waals surface area contributed by atoms with Crippen LogP contribution < -0.4 is 18.9 Å². The maximum Gasteiger partial charge on any atom is 1.00 e. The predicted octanol–water partition coefficient (Wildman–Crippen LogP) is 0.978. The van der Waals surface area contributed by atoms with Gasteiger partial charge >= 0.3 is 24.8 Å². The number of carbonyl (C=O) groups excluding carboxylic acids is 2. The summed E-state index contributed by atoms with van der Waals surface area (Å²) in [5.41, 5.74) is 0.517. The zero-order chi connectivity index (χ0) is 23.9. The SMILES string of the molecule is CC(C)[C@@H]([C-]=O)n1cc(C(=O)OC(C)(C)C)nn1.[CH2-][C@H](O)C[CH-]c1nc2ccccc2s1.[Li+]. The van der Waals surface area contributed by atoms with Crippen molar-refractivity contribution in [1.29, 1.82) is 0 Å². The maximum atomic E-state index is 11.7. The van der Waals surface area contributed by atoms with Gasteiger partial charge in [-0.2, -0.15) is 17.8 Å². The molecule has 1 aromatic carbocycles. The van der Waals surface area contributed by atoms with Crippen molar-refractivity contribution in [3.63, 3.8) is 0 Å². The number of nitrogens with zero attached hydrogens (tertiary/aromatic N) is 4. The fraction of sp³-hybridized carbons (Fsp3) is 0.435. The van der Waals surface area contributed by atoms with Gasteiger partial charge < -0.3 is 28.0 Å². The number of fused-ring (bicyclic) bond motifs is 1. The Hall–Kier alpha value is -2.18. The molecular weight excluding hydrogens is 435 g/mol. The first-order valence-electron chi connectivity index (χ1n) is 10.2. The minimum absolute atomic E-state index is 0. The molecule has 0 saturated carbocycles. The molecule has 0 fully saturated rings. The molecule has 0 amide bonds. The van der Waals surface area contributed by atoms with E-state index in [-0.39, 0.29) is 30.5 Å². The Balaban J connectivity index is 0.000000328. The van der Waals surface area contributed by atoms with E-state index in [4.69, 9.17) is 9.84 Å². The van der Waals surface area contributed by atoms with Gasteiger partial charge in [-0.15, -0.1) is 5.10 Å². The number of carbonyl (C=O) groups is 1. The number of benzene rings is 1. The molecule has 2 heterocycles. The molecule has 33 heavy (non-hydrogen) atoms. The molecule has 0 spiro atoms. The summed E-state index contributed by atoms with van der Waals surface area (Å²) in [4.78, 5) is 27.0. The molecule has 0 unspecified atom stereocenters. The standard InChI is InChI=1S/C12H18N3O3.C11H11NOS.Li/c1-8(2)10(7-16)15-6-9(13-14-15)11(17)18-12(3,4)5;1-8(13)6-7-11-12-9-4-2-3-5-10(9)14-11;/h6,8,10H,1-5H3;2-5,7-8,13H,1,6H2;/q-1;-2;+1/t10-;8-;/m10./s1. The second-order valence-electron chi connectivity index (χ2n) is 8.51. The van der Waals surface area contributed by atoms with Crippen molar-refractivity contribution in [3.05, 3.63) is 54.5 Å². The molecule has 0 aliphatic rings. The Morgan fingerprint density at radius 3 is 2.55 bits per heavy atom. The number of rotatable bonds is 7. The molecule has 0 bridgehead atoms. The van der Waals surface area contributed by atoms with Gasteiger partial charge in [0.05, 0.1) is 16.4 Å². The molecule has 0 radical (unpaired) electrons. The Kier molecular flexibility index (Phi) is 11.3. The average Bonchev–Trinajstić information content (AvgIpc) is 3.33. The summed E-state index contributed by atoms with van der Waals surface area (Å²) in [7, 11) is 0. The van der Waals surface area contributed by atoms with Gasteiger partial charge in [-0.05, 0) is 49.9 Å². The van der Waals surface area contributed by atoms with E-state index in [0.29, 0.717) is 6.42 Å². The van der Waals surface area contributed by atoms with E-state index in [1.165, 1.54) is 15.6 Å². The van der Waals surface area contributed by atoms with Crippen LogP contribution in [0.4, 0.5) is 0 Å². The molecule has 0 saturated heterocycles. The van der Waals surface area contributed by atoms with Crippen LogP contribution in [0.3, 0.4) is 0 Å². The van der Waals surface area contributed by atoms with Crippen LogP contribution in [0.1, 0.15) is 62.6 Å². The molecule has 3 rings (SSSR count). The third kappa shape index (κ3) is 9.30. The summed E-state index contributed by atoms with van der Waals surface area (Å²) in [5, 5.41) is 17.4. The van der Waals surface area contributed by atoms with Gasteiger partial charge in [0, 0.05) is 0 Å². The molecule has 2 atom stereocenters. The van der Waals surface area contributed by atoms with Gasteiger partial charge in [0.1, 0.15) is 5.60 Å². The van der Waals surface area contributed by atoms with E-state index in [2.05, 4.69) is 22.2 Å². The molecular formula is C23H29LiN4O4S-2. The summed E-state index contributed by atoms with van der Waals surface area (Å²) in [6.07, 6.45) is 5.22. The molecule has 8 nitrogen and oxygen atoms in total. The van der Waals surface area contributed by atoms with Gasteiger partial charge in [0.2, 0.25) is 0 Å². The largest absolute Gasteiger partial charge is 1.00 e. The second-order valence-corrected chi connectivity index (χ2v) is 9.57. The second kappa shape index (κ2) is 12.9. The first-order valence-corrected chi connectivity index (χ1v) is 11.0. The van der Waals surface area contributed by atoms with E-state index in [0.717, 1.165) is 10.5 Å². The number of para-hydroxylation sites is 1. The van der Waals surface area contributed by atoms with Gasteiger partial charge in [0.25, 0.3) is 0 Å². The Morgan fingerprint density at radius 2 is 2.00 bits per heavy atom. The van der Waals surface area contributed by atoms with Crippen molar-refractivity contribution in [2.24, 2.45) is 5.92 Å². The third-order valence-corrected chi connectivity index (χ3v) is 5.06. The molecule has 1 N–H and O–H groups in total. The number of hydrogen-bond donors (Lipinski definition) is 1. The molecule has 3 aromatic rings. The van der Waals surface area contributed by atoms with E-state index in [1.54, 1.807) is 32.1 Å². The van der Waals surface area contributed by atoms with Crippen LogP contribution in [0.5, 0.6) is 0 Å². The van der Waals surface area contributed by atoms with Crippen molar-refractivity contribution < 1.29 is 38.3 Å². The zero-order valence-corrected chi connectivity index (χ0v) is 20.8. The first kappa shape index (κ1) is 28.8. The number of ether oxygens (including phenoxy) is 1. The van der Waals surface area contributed by atoms with Crippen LogP contribution in [-0.2, 0) is 9.53 Å². The molecule has 0 aliphatic carbocycles. The van der Waals surface area contributed by atoms with Crippen LogP contribution in [0.25, 0.3) is 10.2 Å². The molecule has 10 heteroatoms. The number of esters is 1. The number of hydrogen-bond acceptors (Lipinski definition) is 8. The number of aliphatic hydroxyl groups excluding tert-OH is 1. The number of aliphatic hydroxyl groups is 1. The maximum absolute atomic E-state index is 11.7. The molecule has 0 aliphatic heterocycles. The Labute approximate surface area is 210 Å². The van der Waals surface area contributed by atoms with Crippen LogP contribution in [0.15, 0.2) is 30.5 Å². The summed E-state index contributed by atoms with van der Waals surface area (Å²) in [5.74, 6) is -0.530. The van der Waals surface area contributed by atoms with E-state index in [9.17, 15) is 9.59 Å². The average molecular weight is 465 g/mol. The third-order valence-electron chi connectivity index (χ3n) is 4.03. The number of aromatic nitrogens is 4. The summed E-state index contributed by atoms with van der Waals surface area (Å²) >= 11 is 1.63. The summed E-state index contributed by atoms with van der Waals surface area (Å²) in [6.45, 7) is 12.5. The van der Waals surface area contributed by atoms with Crippen LogP contribution >= 0.6 is 11.3 Å². The van der Waals surface area contributed by atoms with Crippen molar-refractivity contribution >= 4 is 33.8 Å². The fourth-order valence-electron chi connectivity index (χ4n) is 2.55. The van der Waals surface area contributed by atoms with Gasteiger partial charge in [-0.3, -0.25) is 9.67 Å². The quantitative estimate of drug-likeness (QED) is 0.316. The van der Waals surface area contributed by atoms with Crippen molar-refractivity contribution in [2.45, 2.75) is 58.8 Å². The minimum atomic E-state index is -0.588. The Bertz CT molecular complexity index is 994. The van der Waals surface area contributed by atoms with Crippen LogP contribution in [0.2, 0.25) is 0 Å². The van der Waals surface area contributed by atoms with Gasteiger partial charge in [-0.25, -0.2) is 11.1 Å². The van der Waals surface area contributed by atoms with E-state index < -0.39 is 23.7 Å². The Morgan fingerprint density at radius 1 is 1.33 bits per heavy atom. The normalized spacial score (nSPS) is 12.8. The fourth-order valence-corrected chi connectivity index (χ4v) is 3.46. The zero-order valence-electron chi connectivity index (χ0n) is 20.0. The predicted molar refractivity (Wildman–Crippen MR) is 124 cm³/mol. The summed E-state index contributed by atoms with van der Waals surface area (Å²) in [6, 6.07) is 7.46. The van der Waals surface area contributed by atoms with Crippen LogP contribution in [-0.4, -0.2) is 49.0 Å². The monoisotopic (exact) mass is 464 g/mol. The first-order chi connectivity index (χ1) is 15.0. The topological polar surface area (TPSA) is 107 Å². The van der Waals surface area contributed by atoms with Gasteiger partial charge in [0.15, 0.2) is 5.69 Å². The van der Waals surface area contributed by atoms with Gasteiger partial charge in [-0.1, -0.05) is 37.3 Å². The van der Waals surface area contributed by atoms with Crippen molar-refractivity contribution in [1.82, 2.24) is 20.0 Å². The summed E-state index contributed by atoms with van der Waals surface area (Å²) < 4.78 is 7.67.